The number of nitrogens with one attached hydrogen (secondary N) is 1. The largest absolute Gasteiger partial charge is 0.397 e. The molecule has 2 aromatic carbocycles. The first-order chi connectivity index (χ1) is 10.6. The molecule has 0 saturated carbocycles. The number of aryl methyl sites for hydroxylation is 1. The molecule has 0 saturated heterocycles. The first-order valence-corrected chi connectivity index (χ1v) is 7.23. The number of halogens is 1. The minimum atomic E-state index is 0.528. The Hall–Kier alpha value is -2.59. The number of nitrogens with two attached hydrogens (primary N) is 1. The number of nitrogens with zero attached hydrogens (tertiary/aromatic N) is 2. The van der Waals surface area contributed by atoms with Crippen LogP contribution in [-0.4, -0.2) is 9.97 Å². The lowest BCUT2D eigenvalue weighted by Crippen LogP contribution is -1.99. The molecule has 0 aliphatic rings. The second kappa shape index (κ2) is 6.03. The third-order valence-corrected chi connectivity index (χ3v) is 3.52. The molecule has 1 aromatic heterocycles. The molecule has 1 heterocycles. The maximum atomic E-state index is 5.94. The molecule has 5 heteroatoms. The van der Waals surface area contributed by atoms with Crippen molar-refractivity contribution in [1.82, 2.24) is 9.97 Å². The van der Waals surface area contributed by atoms with Crippen LogP contribution in [0.15, 0.2) is 54.6 Å². The molecule has 0 bridgehead atoms. The van der Waals surface area contributed by atoms with Gasteiger partial charge in [0.25, 0.3) is 0 Å². The number of benzene rings is 2. The van der Waals surface area contributed by atoms with Gasteiger partial charge in [0.05, 0.1) is 16.4 Å². The lowest BCUT2D eigenvalue weighted by atomic mass is 10.1. The lowest BCUT2D eigenvalue weighted by molar-refractivity contribution is 1.06. The van der Waals surface area contributed by atoms with Crippen molar-refractivity contribution in [2.45, 2.75) is 6.92 Å². The number of hydrogen-bond donors (Lipinski definition) is 2. The van der Waals surface area contributed by atoms with Gasteiger partial charge in [-0.2, -0.15) is 0 Å². The van der Waals surface area contributed by atoms with Gasteiger partial charge in [0.1, 0.15) is 11.6 Å². The van der Waals surface area contributed by atoms with Crippen molar-refractivity contribution in [3.8, 4) is 11.3 Å². The van der Waals surface area contributed by atoms with E-state index in [4.69, 9.17) is 17.3 Å². The molecule has 110 valence electrons. The van der Waals surface area contributed by atoms with Crippen molar-refractivity contribution >= 4 is 28.8 Å². The first-order valence-electron chi connectivity index (χ1n) is 6.85. The highest BCUT2D eigenvalue weighted by atomic mass is 35.5. The molecule has 22 heavy (non-hydrogen) atoms. The highest BCUT2D eigenvalue weighted by Gasteiger charge is 2.05. The van der Waals surface area contributed by atoms with E-state index in [-0.39, 0.29) is 0 Å². The van der Waals surface area contributed by atoms with Gasteiger partial charge in [-0.15, -0.1) is 0 Å². The van der Waals surface area contributed by atoms with Crippen LogP contribution in [0.1, 0.15) is 5.82 Å². The van der Waals surface area contributed by atoms with Crippen LogP contribution in [-0.2, 0) is 0 Å². The first kappa shape index (κ1) is 14.4. The van der Waals surface area contributed by atoms with Crippen LogP contribution in [0.5, 0.6) is 0 Å². The van der Waals surface area contributed by atoms with Crippen molar-refractivity contribution in [2.75, 3.05) is 11.1 Å². The van der Waals surface area contributed by atoms with Gasteiger partial charge in [0, 0.05) is 17.3 Å². The minimum absolute atomic E-state index is 0.528. The number of rotatable bonds is 3. The van der Waals surface area contributed by atoms with E-state index in [9.17, 15) is 0 Å². The van der Waals surface area contributed by atoms with Gasteiger partial charge in [-0.1, -0.05) is 41.9 Å². The molecule has 3 rings (SSSR count). The summed E-state index contributed by atoms with van der Waals surface area (Å²) >= 11 is 5.94. The third-order valence-electron chi connectivity index (χ3n) is 3.18. The van der Waals surface area contributed by atoms with Crippen molar-refractivity contribution in [3.63, 3.8) is 0 Å². The van der Waals surface area contributed by atoms with Crippen LogP contribution in [0.25, 0.3) is 11.3 Å². The summed E-state index contributed by atoms with van der Waals surface area (Å²) < 4.78 is 0. The van der Waals surface area contributed by atoms with Gasteiger partial charge in [-0.3, -0.25) is 0 Å². The molecule has 0 unspecified atom stereocenters. The van der Waals surface area contributed by atoms with Crippen molar-refractivity contribution in [2.24, 2.45) is 0 Å². The summed E-state index contributed by atoms with van der Waals surface area (Å²) in [4.78, 5) is 8.89. The lowest BCUT2D eigenvalue weighted by Gasteiger charge is -2.10. The van der Waals surface area contributed by atoms with Crippen LogP contribution in [0.3, 0.4) is 0 Å². The average molecular weight is 311 g/mol. The van der Waals surface area contributed by atoms with E-state index < -0.39 is 0 Å². The van der Waals surface area contributed by atoms with E-state index in [2.05, 4.69) is 15.3 Å². The fraction of sp³-hybridized carbons (Fsp3) is 0.0588. The summed E-state index contributed by atoms with van der Waals surface area (Å²) in [6.45, 7) is 1.87. The Bertz CT molecular complexity index is 803. The summed E-state index contributed by atoms with van der Waals surface area (Å²) in [6, 6.07) is 17.3. The van der Waals surface area contributed by atoms with Crippen LogP contribution in [0, 0.1) is 6.92 Å². The quantitative estimate of drug-likeness (QED) is 0.702. The van der Waals surface area contributed by atoms with E-state index in [1.807, 2.05) is 49.4 Å². The molecule has 3 N–H and O–H groups in total. The smallest absolute Gasteiger partial charge is 0.134 e. The number of anilines is 3. The van der Waals surface area contributed by atoms with Crippen LogP contribution in [0.4, 0.5) is 17.2 Å². The Morgan fingerprint density at radius 1 is 1.00 bits per heavy atom. The van der Waals surface area contributed by atoms with E-state index in [1.165, 1.54) is 0 Å². The molecule has 0 aliphatic carbocycles. The van der Waals surface area contributed by atoms with E-state index in [0.29, 0.717) is 22.4 Å². The van der Waals surface area contributed by atoms with Crippen molar-refractivity contribution in [1.29, 1.82) is 0 Å². The normalized spacial score (nSPS) is 10.5. The summed E-state index contributed by atoms with van der Waals surface area (Å²) in [5.74, 6) is 1.42. The monoisotopic (exact) mass is 310 g/mol. The second-order valence-electron chi connectivity index (χ2n) is 4.91. The Balaban J connectivity index is 1.94. The maximum absolute atomic E-state index is 5.94. The molecule has 0 atom stereocenters. The molecule has 3 aromatic rings. The van der Waals surface area contributed by atoms with Gasteiger partial charge in [-0.25, -0.2) is 9.97 Å². The second-order valence-corrected chi connectivity index (χ2v) is 5.32. The Labute approximate surface area is 134 Å². The van der Waals surface area contributed by atoms with Crippen molar-refractivity contribution < 1.29 is 0 Å². The van der Waals surface area contributed by atoms with Gasteiger partial charge >= 0.3 is 0 Å². The fourth-order valence-electron chi connectivity index (χ4n) is 2.16. The molecular formula is C17H15ClN4. The average Bonchev–Trinajstić information content (AvgIpc) is 2.51. The molecule has 0 spiro atoms. The molecule has 0 aliphatic heterocycles. The predicted molar refractivity (Wildman–Crippen MR) is 91.4 cm³/mol. The van der Waals surface area contributed by atoms with E-state index in [1.54, 1.807) is 12.1 Å². The zero-order valence-electron chi connectivity index (χ0n) is 12.0. The van der Waals surface area contributed by atoms with E-state index >= 15 is 0 Å². The molecule has 0 amide bonds. The zero-order valence-corrected chi connectivity index (χ0v) is 12.8. The number of hydrogen-bond acceptors (Lipinski definition) is 4. The van der Waals surface area contributed by atoms with Gasteiger partial charge in [-0.05, 0) is 25.1 Å². The zero-order chi connectivity index (χ0) is 15.5. The molecule has 4 nitrogen and oxygen atoms in total. The Kier molecular flexibility index (Phi) is 3.94. The highest BCUT2D eigenvalue weighted by Crippen LogP contribution is 2.26. The predicted octanol–water partition coefficient (Wildman–Crippen LogP) is 4.43. The van der Waals surface area contributed by atoms with Crippen LogP contribution >= 0.6 is 11.6 Å². The highest BCUT2D eigenvalue weighted by molar-refractivity contribution is 6.33. The molecule has 0 fully saturated rings. The van der Waals surface area contributed by atoms with Crippen LogP contribution < -0.4 is 11.1 Å². The SMILES string of the molecule is Cc1nc(Nc2ccc(Cl)c(N)c2)cc(-c2ccccc2)n1. The Morgan fingerprint density at radius 3 is 2.50 bits per heavy atom. The third kappa shape index (κ3) is 3.18. The molecular weight excluding hydrogens is 296 g/mol. The van der Waals surface area contributed by atoms with Gasteiger partial charge < -0.3 is 11.1 Å². The maximum Gasteiger partial charge on any atom is 0.134 e. The van der Waals surface area contributed by atoms with Crippen molar-refractivity contribution in [3.05, 3.63) is 65.4 Å². The number of aromatic nitrogens is 2. The summed E-state index contributed by atoms with van der Waals surface area (Å²) in [5.41, 5.74) is 9.10. The number of nitrogen functional groups attached to an aromatic ring is 1. The summed E-state index contributed by atoms with van der Waals surface area (Å²) in [6.07, 6.45) is 0. The van der Waals surface area contributed by atoms with E-state index in [0.717, 1.165) is 16.9 Å². The summed E-state index contributed by atoms with van der Waals surface area (Å²) in [5, 5.41) is 3.77. The minimum Gasteiger partial charge on any atom is -0.397 e. The standard InChI is InChI=1S/C17H15ClN4/c1-11-20-16(12-5-3-2-4-6-12)10-17(21-11)22-13-7-8-14(18)15(19)9-13/h2-10H,19H2,1H3,(H,20,21,22). The topological polar surface area (TPSA) is 63.8 Å². The summed E-state index contributed by atoms with van der Waals surface area (Å²) in [7, 11) is 0. The van der Waals surface area contributed by atoms with Crippen LogP contribution in [0.2, 0.25) is 5.02 Å². The fourth-order valence-corrected chi connectivity index (χ4v) is 2.28. The molecule has 0 radical (unpaired) electrons. The van der Waals surface area contributed by atoms with Gasteiger partial charge in [0.2, 0.25) is 0 Å². The Morgan fingerprint density at radius 2 is 1.77 bits per heavy atom. The van der Waals surface area contributed by atoms with Gasteiger partial charge in [0.15, 0.2) is 0 Å².